The minimum Gasteiger partial charge on any atom is -0.334 e. The number of nitrogens with zero attached hydrogens (tertiary/aromatic N) is 2. The molecule has 3 nitrogen and oxygen atoms in total. The van der Waals surface area contributed by atoms with E-state index in [-0.39, 0.29) is 17.6 Å². The number of hydrogen-bond donors (Lipinski definition) is 0. The van der Waals surface area contributed by atoms with Crippen LogP contribution in [0.2, 0.25) is 0 Å². The second-order valence-electron chi connectivity index (χ2n) is 2.66. The van der Waals surface area contributed by atoms with Crippen molar-refractivity contribution in [1.82, 2.24) is 10.1 Å². The minimum atomic E-state index is -0.340. The molecule has 2 aromatic rings. The van der Waals surface area contributed by atoms with Gasteiger partial charge in [-0.15, -0.1) is 11.6 Å². The molecule has 0 atom stereocenters. The summed E-state index contributed by atoms with van der Waals surface area (Å²) in [7, 11) is 0. The molecule has 5 heteroatoms. The summed E-state index contributed by atoms with van der Waals surface area (Å²) < 4.78 is 17.7. The van der Waals surface area contributed by atoms with Crippen LogP contribution in [0.3, 0.4) is 0 Å². The van der Waals surface area contributed by atoms with E-state index in [9.17, 15) is 4.39 Å². The molecule has 0 aliphatic heterocycles. The quantitative estimate of drug-likeness (QED) is 0.719. The monoisotopic (exact) mass is 212 g/mol. The molecule has 72 valence electrons. The van der Waals surface area contributed by atoms with Crippen LogP contribution < -0.4 is 0 Å². The highest BCUT2D eigenvalue weighted by atomic mass is 35.5. The van der Waals surface area contributed by atoms with Gasteiger partial charge in [0.25, 0.3) is 5.89 Å². The molecule has 0 radical (unpaired) electrons. The molecular weight excluding hydrogens is 207 g/mol. The van der Waals surface area contributed by atoms with Crippen LogP contribution in [0.25, 0.3) is 11.5 Å². The van der Waals surface area contributed by atoms with Gasteiger partial charge in [-0.2, -0.15) is 4.98 Å². The predicted octanol–water partition coefficient (Wildman–Crippen LogP) is 2.61. The summed E-state index contributed by atoms with van der Waals surface area (Å²) >= 11 is 5.50. The Labute approximate surface area is 84.5 Å². The van der Waals surface area contributed by atoms with Crippen molar-refractivity contribution >= 4 is 11.6 Å². The molecule has 0 amide bonds. The maximum Gasteiger partial charge on any atom is 0.258 e. The van der Waals surface area contributed by atoms with Crippen molar-refractivity contribution in [2.45, 2.75) is 5.88 Å². The molecule has 1 heterocycles. The molecule has 0 unspecified atom stereocenters. The average molecular weight is 213 g/mol. The SMILES string of the molecule is Fc1cccc(-c2nc(CCl)no2)c1. The second kappa shape index (κ2) is 3.75. The van der Waals surface area contributed by atoms with Gasteiger partial charge in [-0.1, -0.05) is 11.2 Å². The van der Waals surface area contributed by atoms with E-state index in [0.717, 1.165) is 0 Å². The summed E-state index contributed by atoms with van der Waals surface area (Å²) in [6, 6.07) is 5.94. The maximum absolute atomic E-state index is 12.8. The van der Waals surface area contributed by atoms with E-state index < -0.39 is 0 Å². The zero-order valence-corrected chi connectivity index (χ0v) is 7.83. The summed E-state index contributed by atoms with van der Waals surface area (Å²) in [6.45, 7) is 0. The zero-order chi connectivity index (χ0) is 9.97. The number of halogens is 2. The van der Waals surface area contributed by atoms with E-state index in [2.05, 4.69) is 10.1 Å². The highest BCUT2D eigenvalue weighted by molar-refractivity contribution is 6.16. The number of rotatable bonds is 2. The van der Waals surface area contributed by atoms with E-state index in [1.54, 1.807) is 12.1 Å². The standard InChI is InChI=1S/C9H6ClFN2O/c10-5-8-12-9(14-13-8)6-2-1-3-7(11)4-6/h1-4H,5H2. The first-order chi connectivity index (χ1) is 6.79. The third kappa shape index (κ3) is 1.75. The second-order valence-corrected chi connectivity index (χ2v) is 2.93. The van der Waals surface area contributed by atoms with E-state index in [4.69, 9.17) is 16.1 Å². The molecule has 0 spiro atoms. The smallest absolute Gasteiger partial charge is 0.258 e. The fourth-order valence-electron chi connectivity index (χ4n) is 1.05. The number of hydrogen-bond acceptors (Lipinski definition) is 3. The predicted molar refractivity (Wildman–Crippen MR) is 49.2 cm³/mol. The van der Waals surface area contributed by atoms with Crippen LogP contribution in [0.1, 0.15) is 5.82 Å². The van der Waals surface area contributed by atoms with Crippen molar-refractivity contribution in [3.63, 3.8) is 0 Å². The van der Waals surface area contributed by atoms with Crippen molar-refractivity contribution in [2.75, 3.05) is 0 Å². The van der Waals surface area contributed by atoms with Crippen molar-refractivity contribution in [3.8, 4) is 11.5 Å². The number of aromatic nitrogens is 2. The highest BCUT2D eigenvalue weighted by Gasteiger charge is 2.07. The molecule has 1 aromatic heterocycles. The first-order valence-electron chi connectivity index (χ1n) is 3.94. The van der Waals surface area contributed by atoms with Gasteiger partial charge in [-0.05, 0) is 18.2 Å². The third-order valence-electron chi connectivity index (χ3n) is 1.66. The Kier molecular flexibility index (Phi) is 2.45. The van der Waals surface area contributed by atoms with Gasteiger partial charge in [0.1, 0.15) is 5.82 Å². The van der Waals surface area contributed by atoms with Crippen LogP contribution in [0.5, 0.6) is 0 Å². The van der Waals surface area contributed by atoms with Gasteiger partial charge in [0, 0.05) is 5.56 Å². The zero-order valence-electron chi connectivity index (χ0n) is 7.08. The lowest BCUT2D eigenvalue weighted by Gasteiger charge is -1.92. The maximum atomic E-state index is 12.8. The molecule has 14 heavy (non-hydrogen) atoms. The number of benzene rings is 1. The third-order valence-corrected chi connectivity index (χ3v) is 1.90. The van der Waals surface area contributed by atoms with Gasteiger partial charge in [-0.25, -0.2) is 4.39 Å². The summed E-state index contributed by atoms with van der Waals surface area (Å²) in [5.41, 5.74) is 0.550. The fraction of sp³-hybridized carbons (Fsp3) is 0.111. The van der Waals surface area contributed by atoms with Crippen molar-refractivity contribution in [1.29, 1.82) is 0 Å². The Morgan fingerprint density at radius 3 is 2.93 bits per heavy atom. The van der Waals surface area contributed by atoms with E-state index in [0.29, 0.717) is 11.4 Å². The first kappa shape index (κ1) is 9.15. The van der Waals surface area contributed by atoms with Crippen LogP contribution >= 0.6 is 11.6 Å². The summed E-state index contributed by atoms with van der Waals surface area (Å²) in [5.74, 6) is 0.512. The van der Waals surface area contributed by atoms with E-state index in [1.165, 1.54) is 12.1 Å². The Balaban J connectivity index is 2.39. The Morgan fingerprint density at radius 1 is 1.43 bits per heavy atom. The first-order valence-corrected chi connectivity index (χ1v) is 4.47. The van der Waals surface area contributed by atoms with Crippen LogP contribution in [-0.4, -0.2) is 10.1 Å². The van der Waals surface area contributed by atoms with Crippen molar-refractivity contribution in [2.24, 2.45) is 0 Å². The van der Waals surface area contributed by atoms with Gasteiger partial charge < -0.3 is 4.52 Å². The van der Waals surface area contributed by atoms with Gasteiger partial charge in [0.2, 0.25) is 0 Å². The Bertz CT molecular complexity index is 444. The summed E-state index contributed by atoms with van der Waals surface area (Å²) in [6.07, 6.45) is 0. The van der Waals surface area contributed by atoms with Gasteiger partial charge in [0.15, 0.2) is 5.82 Å². The molecule has 0 bridgehead atoms. The van der Waals surface area contributed by atoms with Gasteiger partial charge in [0.05, 0.1) is 5.88 Å². The lowest BCUT2D eigenvalue weighted by atomic mass is 10.2. The van der Waals surface area contributed by atoms with Gasteiger partial charge in [-0.3, -0.25) is 0 Å². The molecular formula is C9H6ClFN2O. The van der Waals surface area contributed by atoms with Crippen molar-refractivity contribution < 1.29 is 8.91 Å². The highest BCUT2D eigenvalue weighted by Crippen LogP contribution is 2.18. The molecule has 0 aliphatic carbocycles. The van der Waals surface area contributed by atoms with Crippen molar-refractivity contribution in [3.05, 3.63) is 35.9 Å². The fourth-order valence-corrected chi connectivity index (χ4v) is 1.16. The molecule has 0 N–H and O–H groups in total. The largest absolute Gasteiger partial charge is 0.334 e. The van der Waals surface area contributed by atoms with Crippen LogP contribution in [-0.2, 0) is 5.88 Å². The van der Waals surface area contributed by atoms with Crippen LogP contribution in [0.4, 0.5) is 4.39 Å². The minimum absolute atomic E-state index is 0.179. The topological polar surface area (TPSA) is 38.9 Å². The van der Waals surface area contributed by atoms with Gasteiger partial charge >= 0.3 is 0 Å². The molecule has 2 rings (SSSR count). The lowest BCUT2D eigenvalue weighted by Crippen LogP contribution is -1.81. The van der Waals surface area contributed by atoms with Crippen LogP contribution in [0, 0.1) is 5.82 Å². The summed E-state index contributed by atoms with van der Waals surface area (Å²) in [5, 5.41) is 3.60. The normalized spacial score (nSPS) is 10.4. The lowest BCUT2D eigenvalue weighted by molar-refractivity contribution is 0.424. The Hall–Kier alpha value is -1.42. The molecule has 0 saturated carbocycles. The molecule has 0 fully saturated rings. The van der Waals surface area contributed by atoms with E-state index in [1.807, 2.05) is 0 Å². The Morgan fingerprint density at radius 2 is 2.29 bits per heavy atom. The molecule has 0 saturated heterocycles. The summed E-state index contributed by atoms with van der Waals surface area (Å²) in [4.78, 5) is 3.96. The van der Waals surface area contributed by atoms with E-state index >= 15 is 0 Å². The average Bonchev–Trinajstić information content (AvgIpc) is 2.66. The number of alkyl halides is 1. The molecule has 0 aliphatic rings. The van der Waals surface area contributed by atoms with Crippen LogP contribution in [0.15, 0.2) is 28.8 Å². The molecule has 1 aromatic carbocycles.